The van der Waals surface area contributed by atoms with Crippen LogP contribution in [0.5, 0.6) is 0 Å². The number of carbonyl (C=O) groups is 1. The maximum atomic E-state index is 13.8. The summed E-state index contributed by atoms with van der Waals surface area (Å²) < 4.78 is 34.0. The number of benzene rings is 2. The standard InChI is InChI=1S/C20H21F2N3O2/c1-20(2,3)27-19(26)25-11-14(12-7-8-15(21)16(22)9-12)18-13(10-24-23)5-4-6-17(18)25/h4-9,11,24H,10,23H2,1-3H3. The number of nitrogens with zero attached hydrogens (tertiary/aromatic N) is 1. The van der Waals surface area contributed by atoms with Crippen molar-refractivity contribution in [3.8, 4) is 11.1 Å². The quantitative estimate of drug-likeness (QED) is 0.530. The van der Waals surface area contributed by atoms with Gasteiger partial charge in [0.15, 0.2) is 11.6 Å². The average Bonchev–Trinajstić information content (AvgIpc) is 2.97. The summed E-state index contributed by atoms with van der Waals surface area (Å²) in [5, 5.41) is 0.715. The molecule has 5 nitrogen and oxygen atoms in total. The Morgan fingerprint density at radius 2 is 1.93 bits per heavy atom. The van der Waals surface area contributed by atoms with E-state index in [0.717, 1.165) is 17.7 Å². The van der Waals surface area contributed by atoms with Crippen LogP contribution in [-0.4, -0.2) is 16.3 Å². The van der Waals surface area contributed by atoms with Crippen LogP contribution < -0.4 is 11.3 Å². The van der Waals surface area contributed by atoms with Crippen LogP contribution in [0.3, 0.4) is 0 Å². The first kappa shape index (κ1) is 19.0. The number of nitrogens with two attached hydrogens (primary N) is 1. The summed E-state index contributed by atoms with van der Waals surface area (Å²) in [5.74, 6) is 3.59. The molecule has 0 aliphatic carbocycles. The number of ether oxygens (including phenoxy) is 1. The van der Waals surface area contributed by atoms with E-state index >= 15 is 0 Å². The molecule has 2 aromatic carbocycles. The molecule has 0 amide bonds. The van der Waals surface area contributed by atoms with Gasteiger partial charge in [-0.3, -0.25) is 15.8 Å². The molecular formula is C20H21F2N3O2. The number of hydrogen-bond donors (Lipinski definition) is 2. The summed E-state index contributed by atoms with van der Waals surface area (Å²) in [7, 11) is 0. The topological polar surface area (TPSA) is 69.3 Å². The number of halogens is 2. The van der Waals surface area contributed by atoms with E-state index in [-0.39, 0.29) is 0 Å². The summed E-state index contributed by atoms with van der Waals surface area (Å²) >= 11 is 0. The van der Waals surface area contributed by atoms with Gasteiger partial charge in [0.25, 0.3) is 0 Å². The number of rotatable bonds is 3. The van der Waals surface area contributed by atoms with Crippen molar-refractivity contribution in [3.63, 3.8) is 0 Å². The van der Waals surface area contributed by atoms with Crippen LogP contribution in [-0.2, 0) is 11.3 Å². The van der Waals surface area contributed by atoms with E-state index in [1.807, 2.05) is 6.07 Å². The lowest BCUT2D eigenvalue weighted by molar-refractivity contribution is 0.0544. The van der Waals surface area contributed by atoms with Crippen molar-refractivity contribution in [3.05, 3.63) is 59.8 Å². The van der Waals surface area contributed by atoms with Gasteiger partial charge in [-0.25, -0.2) is 13.6 Å². The highest BCUT2D eigenvalue weighted by atomic mass is 19.2. The predicted octanol–water partition coefficient (Wildman–Crippen LogP) is 4.33. The van der Waals surface area contributed by atoms with Crippen LogP contribution in [0.15, 0.2) is 42.6 Å². The van der Waals surface area contributed by atoms with Crippen LogP contribution >= 0.6 is 0 Å². The normalized spacial score (nSPS) is 11.8. The second-order valence-corrected chi connectivity index (χ2v) is 7.21. The smallest absolute Gasteiger partial charge is 0.419 e. The Bertz CT molecular complexity index is 1010. The number of hydrazine groups is 1. The molecule has 0 fully saturated rings. The van der Waals surface area contributed by atoms with Crippen molar-refractivity contribution in [2.75, 3.05) is 0 Å². The van der Waals surface area contributed by atoms with Crippen molar-refractivity contribution in [2.45, 2.75) is 32.9 Å². The molecule has 0 aliphatic heterocycles. The van der Waals surface area contributed by atoms with Crippen LogP contribution in [0.25, 0.3) is 22.0 Å². The lowest BCUT2D eigenvalue weighted by Gasteiger charge is -2.19. The summed E-state index contributed by atoms with van der Waals surface area (Å²) in [6.07, 6.45) is 1.02. The Morgan fingerprint density at radius 3 is 2.56 bits per heavy atom. The lowest BCUT2D eigenvalue weighted by atomic mass is 10.0. The van der Waals surface area contributed by atoms with E-state index in [2.05, 4.69) is 5.43 Å². The van der Waals surface area contributed by atoms with E-state index in [1.54, 1.807) is 39.1 Å². The number of fused-ring (bicyclic) bond motifs is 1. The first-order valence-corrected chi connectivity index (χ1v) is 8.46. The van der Waals surface area contributed by atoms with Gasteiger partial charge in [0, 0.05) is 23.7 Å². The van der Waals surface area contributed by atoms with E-state index in [9.17, 15) is 13.6 Å². The molecule has 1 aromatic heterocycles. The highest BCUT2D eigenvalue weighted by Gasteiger charge is 2.22. The molecule has 0 radical (unpaired) electrons. The molecule has 1 heterocycles. The van der Waals surface area contributed by atoms with Crippen LogP contribution in [0.1, 0.15) is 26.3 Å². The summed E-state index contributed by atoms with van der Waals surface area (Å²) in [6.45, 7) is 5.66. The molecule has 3 aromatic rings. The minimum Gasteiger partial charge on any atom is -0.443 e. The largest absolute Gasteiger partial charge is 0.443 e. The molecule has 0 atom stereocenters. The zero-order valence-electron chi connectivity index (χ0n) is 15.3. The minimum absolute atomic E-state index is 0.340. The fraction of sp³-hybridized carbons (Fsp3) is 0.250. The van der Waals surface area contributed by atoms with Crippen LogP contribution in [0.2, 0.25) is 0 Å². The molecule has 0 saturated heterocycles. The Morgan fingerprint density at radius 1 is 1.19 bits per heavy atom. The molecule has 3 N–H and O–H groups in total. The molecule has 3 rings (SSSR count). The second-order valence-electron chi connectivity index (χ2n) is 7.21. The number of carbonyl (C=O) groups excluding carboxylic acids is 1. The molecule has 142 valence electrons. The molecule has 0 unspecified atom stereocenters. The molecular weight excluding hydrogens is 352 g/mol. The third-order valence-corrected chi connectivity index (χ3v) is 4.03. The maximum Gasteiger partial charge on any atom is 0.419 e. The van der Waals surface area contributed by atoms with Crippen molar-refractivity contribution in [1.29, 1.82) is 0 Å². The Labute approximate surface area is 155 Å². The van der Waals surface area contributed by atoms with Crippen molar-refractivity contribution in [1.82, 2.24) is 9.99 Å². The molecule has 27 heavy (non-hydrogen) atoms. The van der Waals surface area contributed by atoms with E-state index in [1.165, 1.54) is 10.6 Å². The van der Waals surface area contributed by atoms with Gasteiger partial charge in [-0.15, -0.1) is 0 Å². The Hall–Kier alpha value is -2.77. The highest BCUT2D eigenvalue weighted by molar-refractivity contribution is 6.02. The highest BCUT2D eigenvalue weighted by Crippen LogP contribution is 2.34. The molecule has 0 saturated carbocycles. The zero-order chi connectivity index (χ0) is 19.8. The van der Waals surface area contributed by atoms with Gasteiger partial charge in [-0.1, -0.05) is 18.2 Å². The third-order valence-electron chi connectivity index (χ3n) is 4.03. The number of hydrogen-bond acceptors (Lipinski definition) is 4. The predicted molar refractivity (Wildman–Crippen MR) is 99.9 cm³/mol. The van der Waals surface area contributed by atoms with Gasteiger partial charge in [-0.2, -0.15) is 0 Å². The fourth-order valence-corrected chi connectivity index (χ4v) is 2.96. The van der Waals surface area contributed by atoms with Gasteiger partial charge in [0.1, 0.15) is 5.60 Å². The molecule has 0 bridgehead atoms. The summed E-state index contributed by atoms with van der Waals surface area (Å²) in [5.41, 5.74) is 4.36. The minimum atomic E-state index is -0.958. The van der Waals surface area contributed by atoms with E-state index in [4.69, 9.17) is 10.6 Å². The van der Waals surface area contributed by atoms with Gasteiger partial charge in [0.2, 0.25) is 0 Å². The number of nitrogens with one attached hydrogen (secondary N) is 1. The maximum absolute atomic E-state index is 13.8. The average molecular weight is 373 g/mol. The molecule has 0 aliphatic rings. The van der Waals surface area contributed by atoms with Gasteiger partial charge >= 0.3 is 6.09 Å². The summed E-state index contributed by atoms with van der Waals surface area (Å²) in [4.78, 5) is 12.7. The Kier molecular flexibility index (Phi) is 4.99. The van der Waals surface area contributed by atoms with Gasteiger partial charge < -0.3 is 4.74 Å². The van der Waals surface area contributed by atoms with Crippen molar-refractivity contribution < 1.29 is 18.3 Å². The first-order valence-electron chi connectivity index (χ1n) is 8.46. The van der Waals surface area contributed by atoms with Gasteiger partial charge in [-0.05, 0) is 50.1 Å². The number of aromatic nitrogens is 1. The summed E-state index contributed by atoms with van der Waals surface area (Å²) in [6, 6.07) is 9.05. The van der Waals surface area contributed by atoms with Crippen molar-refractivity contribution in [2.24, 2.45) is 5.84 Å². The third kappa shape index (κ3) is 3.84. The zero-order valence-corrected chi connectivity index (χ0v) is 15.3. The van der Waals surface area contributed by atoms with E-state index < -0.39 is 23.3 Å². The van der Waals surface area contributed by atoms with Gasteiger partial charge in [0.05, 0.1) is 5.52 Å². The van der Waals surface area contributed by atoms with Crippen molar-refractivity contribution >= 4 is 17.0 Å². The monoisotopic (exact) mass is 373 g/mol. The van der Waals surface area contributed by atoms with Crippen LogP contribution in [0, 0.1) is 11.6 Å². The first-order chi connectivity index (χ1) is 12.7. The molecule has 7 heteroatoms. The lowest BCUT2D eigenvalue weighted by Crippen LogP contribution is -2.26. The van der Waals surface area contributed by atoms with Crippen LogP contribution in [0.4, 0.5) is 13.6 Å². The fourth-order valence-electron chi connectivity index (χ4n) is 2.96. The molecule has 0 spiro atoms. The SMILES string of the molecule is CC(C)(C)OC(=O)n1cc(-c2ccc(F)c(F)c2)c2c(CNN)cccc21. The Balaban J connectivity index is 2.25. The van der Waals surface area contributed by atoms with E-state index in [0.29, 0.717) is 28.6 Å². The second kappa shape index (κ2) is 7.09.